The number of rotatable bonds is 5. The van der Waals surface area contributed by atoms with Crippen molar-refractivity contribution in [2.45, 2.75) is 38.1 Å². The average molecular weight is 511 g/mol. The van der Waals surface area contributed by atoms with E-state index in [0.717, 1.165) is 11.0 Å². The van der Waals surface area contributed by atoms with Gasteiger partial charge in [0.2, 0.25) is 11.3 Å². The van der Waals surface area contributed by atoms with Crippen molar-refractivity contribution >= 4 is 28.7 Å². The maximum atomic E-state index is 14.7. The Labute approximate surface area is 199 Å². The van der Waals surface area contributed by atoms with Gasteiger partial charge in [-0.05, 0) is 18.6 Å². The number of aliphatic hydroxyl groups excluding tert-OH is 1. The minimum Gasteiger partial charge on any atom is -0.391 e. The van der Waals surface area contributed by atoms with Crippen LogP contribution in [0.4, 0.5) is 27.8 Å². The Morgan fingerprint density at radius 3 is 2.44 bits per heavy atom. The van der Waals surface area contributed by atoms with Crippen molar-refractivity contribution in [2.24, 2.45) is 0 Å². The first kappa shape index (κ1) is 25.2. The fourth-order valence-corrected chi connectivity index (χ4v) is 3.87. The summed E-state index contributed by atoms with van der Waals surface area (Å²) in [6.45, 7) is 1.07. The number of β-amino-alcohol motifs (C(OH)–C–C–N with tert-alkyl or cyclic N) is 1. The van der Waals surface area contributed by atoms with Crippen molar-refractivity contribution in [3.8, 4) is 5.69 Å². The molecule has 2 amide bonds. The maximum absolute atomic E-state index is 14.7. The maximum Gasteiger partial charge on any atom is 0.408 e. The van der Waals surface area contributed by atoms with Crippen LogP contribution in [0.3, 0.4) is 0 Å². The van der Waals surface area contributed by atoms with E-state index in [1.165, 1.54) is 13.0 Å². The van der Waals surface area contributed by atoms with Gasteiger partial charge in [0.1, 0.15) is 23.1 Å². The van der Waals surface area contributed by atoms with Crippen LogP contribution in [0.5, 0.6) is 0 Å². The number of carbonyl (C=O) groups is 2. The summed E-state index contributed by atoms with van der Waals surface area (Å²) in [6, 6.07) is 0.0785. The minimum absolute atomic E-state index is 0.0487. The zero-order chi connectivity index (χ0) is 26.4. The molecule has 1 saturated heterocycles. The predicted molar refractivity (Wildman–Crippen MR) is 116 cm³/mol. The Hall–Kier alpha value is -3.94. The van der Waals surface area contributed by atoms with Gasteiger partial charge < -0.3 is 10.4 Å². The quantitative estimate of drug-likeness (QED) is 0.508. The standard InChI is InChI=1S/C22H18F5N5O4/c1-2-15(22(25,26)27)29-21(36)12-9-32(18-13(23)6-28-7-14(18)24)20-11(19(12)35)3-4-16(30-20)31-8-10(33)5-17(31)34/h3-4,6-7,9-10,15,33H,2,5,8H2,1H3,(H,29,36)/t10-,15?/m0/s1. The second-order valence-corrected chi connectivity index (χ2v) is 8.07. The fourth-order valence-electron chi connectivity index (χ4n) is 3.87. The minimum atomic E-state index is -4.80. The van der Waals surface area contributed by atoms with Gasteiger partial charge in [0.15, 0.2) is 17.3 Å². The van der Waals surface area contributed by atoms with Gasteiger partial charge in [-0.3, -0.25) is 28.8 Å². The number of amides is 2. The van der Waals surface area contributed by atoms with Crippen LogP contribution in [-0.2, 0) is 4.79 Å². The van der Waals surface area contributed by atoms with E-state index in [1.54, 1.807) is 5.32 Å². The van der Waals surface area contributed by atoms with Crippen LogP contribution < -0.4 is 15.6 Å². The first-order chi connectivity index (χ1) is 16.9. The Balaban J connectivity index is 1.95. The number of carbonyl (C=O) groups excluding carboxylic acids is 2. The number of alkyl halides is 3. The Morgan fingerprint density at radius 1 is 1.22 bits per heavy atom. The molecule has 0 aromatic carbocycles. The molecule has 36 heavy (non-hydrogen) atoms. The second-order valence-electron chi connectivity index (χ2n) is 8.07. The topological polar surface area (TPSA) is 117 Å². The van der Waals surface area contributed by atoms with Crippen LogP contribution in [-0.4, -0.2) is 56.3 Å². The van der Waals surface area contributed by atoms with Crippen LogP contribution in [0.2, 0.25) is 0 Å². The molecular formula is C22H18F5N5O4. The molecule has 3 aromatic heterocycles. The highest BCUT2D eigenvalue weighted by Crippen LogP contribution is 2.26. The van der Waals surface area contributed by atoms with Crippen molar-refractivity contribution in [3.05, 3.63) is 58.1 Å². The number of anilines is 1. The number of halogens is 5. The third-order valence-electron chi connectivity index (χ3n) is 5.64. The van der Waals surface area contributed by atoms with E-state index >= 15 is 0 Å². The van der Waals surface area contributed by atoms with Crippen LogP contribution in [0, 0.1) is 11.6 Å². The van der Waals surface area contributed by atoms with Crippen LogP contribution in [0.15, 0.2) is 35.5 Å². The molecule has 1 fully saturated rings. The molecule has 0 aliphatic carbocycles. The van der Waals surface area contributed by atoms with Gasteiger partial charge in [-0.1, -0.05) is 6.92 Å². The monoisotopic (exact) mass is 511 g/mol. The summed E-state index contributed by atoms with van der Waals surface area (Å²) in [6.07, 6.45) is -4.48. The van der Waals surface area contributed by atoms with Crippen molar-refractivity contribution in [1.29, 1.82) is 0 Å². The largest absolute Gasteiger partial charge is 0.408 e. The molecule has 0 radical (unpaired) electrons. The summed E-state index contributed by atoms with van der Waals surface area (Å²) in [5, 5.41) is 11.1. The molecule has 0 spiro atoms. The summed E-state index contributed by atoms with van der Waals surface area (Å²) in [5.41, 5.74) is -3.04. The first-order valence-electron chi connectivity index (χ1n) is 10.6. The van der Waals surface area contributed by atoms with E-state index in [0.29, 0.717) is 23.2 Å². The molecule has 3 aromatic rings. The van der Waals surface area contributed by atoms with Gasteiger partial charge in [0.05, 0.1) is 36.8 Å². The SMILES string of the molecule is CCC(NC(=O)c1cn(-c2c(F)cncc2F)c2nc(N3C[C@@H](O)CC3=O)ccc2c1=O)C(F)(F)F. The van der Waals surface area contributed by atoms with E-state index < -0.39 is 64.9 Å². The third-order valence-corrected chi connectivity index (χ3v) is 5.64. The molecule has 2 N–H and O–H groups in total. The highest BCUT2D eigenvalue weighted by Gasteiger charge is 2.40. The summed E-state index contributed by atoms with van der Waals surface area (Å²) >= 11 is 0. The van der Waals surface area contributed by atoms with Gasteiger partial charge in [0.25, 0.3) is 5.91 Å². The van der Waals surface area contributed by atoms with Crippen LogP contribution >= 0.6 is 0 Å². The van der Waals surface area contributed by atoms with Crippen LogP contribution in [0.25, 0.3) is 16.7 Å². The van der Waals surface area contributed by atoms with Crippen molar-refractivity contribution in [3.63, 3.8) is 0 Å². The Bertz CT molecular complexity index is 1400. The van der Waals surface area contributed by atoms with E-state index in [2.05, 4.69) is 9.97 Å². The second kappa shape index (κ2) is 9.26. The molecule has 14 heteroatoms. The van der Waals surface area contributed by atoms with E-state index in [4.69, 9.17) is 0 Å². The molecule has 9 nitrogen and oxygen atoms in total. The lowest BCUT2D eigenvalue weighted by Gasteiger charge is -2.21. The molecule has 1 aliphatic rings. The van der Waals surface area contributed by atoms with Crippen molar-refractivity contribution in [2.75, 3.05) is 11.4 Å². The van der Waals surface area contributed by atoms with E-state index in [1.807, 2.05) is 0 Å². The molecule has 0 saturated carbocycles. The molecule has 1 unspecified atom stereocenters. The fraction of sp³-hybridized carbons (Fsp3) is 0.318. The van der Waals surface area contributed by atoms with Gasteiger partial charge in [-0.15, -0.1) is 0 Å². The number of hydrogen-bond acceptors (Lipinski definition) is 6. The average Bonchev–Trinajstić information content (AvgIpc) is 3.15. The highest BCUT2D eigenvalue weighted by atomic mass is 19.4. The lowest BCUT2D eigenvalue weighted by molar-refractivity contribution is -0.153. The number of nitrogens with one attached hydrogen (secondary N) is 1. The normalized spacial score (nSPS) is 17.0. The number of fused-ring (bicyclic) bond motifs is 1. The summed E-state index contributed by atoms with van der Waals surface area (Å²) in [7, 11) is 0. The summed E-state index contributed by atoms with van der Waals surface area (Å²) in [5.74, 6) is -4.37. The van der Waals surface area contributed by atoms with Crippen molar-refractivity contribution in [1.82, 2.24) is 19.9 Å². The Kier molecular flexibility index (Phi) is 6.47. The van der Waals surface area contributed by atoms with Gasteiger partial charge in [-0.2, -0.15) is 13.2 Å². The smallest absolute Gasteiger partial charge is 0.391 e. The van der Waals surface area contributed by atoms with Crippen molar-refractivity contribution < 1.29 is 36.6 Å². The van der Waals surface area contributed by atoms with Gasteiger partial charge in [0, 0.05) is 6.20 Å². The number of nitrogens with zero attached hydrogens (tertiary/aromatic N) is 4. The lowest BCUT2D eigenvalue weighted by atomic mass is 10.1. The number of aliphatic hydroxyl groups is 1. The molecule has 190 valence electrons. The molecule has 2 atom stereocenters. The highest BCUT2D eigenvalue weighted by molar-refractivity contribution is 5.99. The molecule has 4 heterocycles. The van der Waals surface area contributed by atoms with E-state index in [9.17, 15) is 41.4 Å². The third kappa shape index (κ3) is 4.51. The van der Waals surface area contributed by atoms with E-state index in [-0.39, 0.29) is 29.8 Å². The lowest BCUT2D eigenvalue weighted by Crippen LogP contribution is -2.46. The zero-order valence-electron chi connectivity index (χ0n) is 18.5. The number of hydrogen-bond donors (Lipinski definition) is 2. The van der Waals surface area contributed by atoms with Gasteiger partial charge >= 0.3 is 6.18 Å². The molecule has 1 aliphatic heterocycles. The predicted octanol–water partition coefficient (Wildman–Crippen LogP) is 2.23. The number of aromatic nitrogens is 3. The summed E-state index contributed by atoms with van der Waals surface area (Å²) < 4.78 is 69.6. The Morgan fingerprint density at radius 2 is 1.89 bits per heavy atom. The first-order valence-corrected chi connectivity index (χ1v) is 10.6. The molecule has 0 bridgehead atoms. The summed E-state index contributed by atoms with van der Waals surface area (Å²) in [4.78, 5) is 46.6. The van der Waals surface area contributed by atoms with Crippen LogP contribution in [0.1, 0.15) is 30.1 Å². The zero-order valence-corrected chi connectivity index (χ0v) is 18.5. The molecule has 4 rings (SSSR count). The van der Waals surface area contributed by atoms with Gasteiger partial charge in [-0.25, -0.2) is 13.8 Å². The molecular weight excluding hydrogens is 493 g/mol. The number of pyridine rings is 3.